The Hall–Kier alpha value is -2.08. The largest absolute Gasteiger partial charge is 0.417 e. The summed E-state index contributed by atoms with van der Waals surface area (Å²) in [6.45, 7) is 0. The molecule has 0 heterocycles. The molecule has 0 aromatic heterocycles. The summed E-state index contributed by atoms with van der Waals surface area (Å²) in [5.41, 5.74) is -0.697. The van der Waals surface area contributed by atoms with Crippen LogP contribution in [0.4, 0.5) is 17.6 Å². The van der Waals surface area contributed by atoms with Crippen LogP contribution in [-0.2, 0) is 6.18 Å². The molecular formula is C18H14ClF4NO. The highest BCUT2D eigenvalue weighted by Gasteiger charge is 2.38. The van der Waals surface area contributed by atoms with E-state index in [4.69, 9.17) is 11.6 Å². The predicted octanol–water partition coefficient (Wildman–Crippen LogP) is 5.17. The predicted molar refractivity (Wildman–Crippen MR) is 86.1 cm³/mol. The maximum Gasteiger partial charge on any atom is 0.417 e. The van der Waals surface area contributed by atoms with Gasteiger partial charge in [-0.2, -0.15) is 13.2 Å². The molecule has 2 nitrogen and oxygen atoms in total. The summed E-state index contributed by atoms with van der Waals surface area (Å²) in [7, 11) is 0. The first-order valence-corrected chi connectivity index (χ1v) is 8.07. The van der Waals surface area contributed by atoms with Gasteiger partial charge >= 0.3 is 6.18 Å². The van der Waals surface area contributed by atoms with Crippen LogP contribution in [0, 0.1) is 5.82 Å². The number of rotatable bonds is 3. The Balaban J connectivity index is 1.78. The number of carbonyl (C=O) groups excluding carboxylic acids is 1. The van der Waals surface area contributed by atoms with E-state index < -0.39 is 29.0 Å². The van der Waals surface area contributed by atoms with Crippen LogP contribution in [0.15, 0.2) is 42.5 Å². The lowest BCUT2D eigenvalue weighted by Crippen LogP contribution is -2.45. The van der Waals surface area contributed by atoms with Gasteiger partial charge in [0.25, 0.3) is 5.91 Å². The summed E-state index contributed by atoms with van der Waals surface area (Å²) < 4.78 is 52.3. The van der Waals surface area contributed by atoms with E-state index in [-0.39, 0.29) is 17.0 Å². The van der Waals surface area contributed by atoms with Gasteiger partial charge in [-0.3, -0.25) is 4.79 Å². The summed E-state index contributed by atoms with van der Waals surface area (Å²) in [4.78, 5) is 12.3. The molecule has 3 rings (SSSR count). The van der Waals surface area contributed by atoms with Crippen LogP contribution in [0.2, 0.25) is 5.02 Å². The third kappa shape index (κ3) is 3.63. The van der Waals surface area contributed by atoms with E-state index in [0.717, 1.165) is 18.6 Å². The van der Waals surface area contributed by atoms with E-state index in [9.17, 15) is 22.4 Å². The number of hydrogen-bond acceptors (Lipinski definition) is 1. The molecule has 0 saturated heterocycles. The number of halogens is 5. The number of alkyl halides is 3. The second-order valence-electron chi connectivity index (χ2n) is 5.97. The fraction of sp³-hybridized carbons (Fsp3) is 0.278. The molecule has 132 valence electrons. The highest BCUT2D eigenvalue weighted by molar-refractivity contribution is 6.31. The Kier molecular flexibility index (Phi) is 4.73. The number of benzene rings is 2. The van der Waals surface area contributed by atoms with Crippen LogP contribution >= 0.6 is 11.6 Å². The molecule has 1 aliphatic rings. The van der Waals surface area contributed by atoms with Crippen molar-refractivity contribution in [3.63, 3.8) is 0 Å². The molecule has 0 spiro atoms. The third-order valence-electron chi connectivity index (χ3n) is 4.43. The van der Waals surface area contributed by atoms with E-state index in [2.05, 4.69) is 5.32 Å². The minimum absolute atomic E-state index is 0.143. The third-order valence-corrected chi connectivity index (χ3v) is 4.76. The van der Waals surface area contributed by atoms with Crippen LogP contribution in [0.3, 0.4) is 0 Å². The van der Waals surface area contributed by atoms with Gasteiger partial charge in [-0.15, -0.1) is 0 Å². The first-order chi connectivity index (χ1) is 11.8. The first kappa shape index (κ1) is 17.7. The van der Waals surface area contributed by atoms with Crippen molar-refractivity contribution in [2.45, 2.75) is 31.0 Å². The van der Waals surface area contributed by atoms with Crippen molar-refractivity contribution < 1.29 is 22.4 Å². The molecule has 1 amide bonds. The maximum atomic E-state index is 13.2. The molecule has 0 unspecified atom stereocenters. The van der Waals surface area contributed by atoms with Gasteiger partial charge in [0.2, 0.25) is 0 Å². The van der Waals surface area contributed by atoms with E-state index in [0.29, 0.717) is 12.0 Å². The van der Waals surface area contributed by atoms with E-state index in [1.165, 1.54) is 24.3 Å². The van der Waals surface area contributed by atoms with E-state index >= 15 is 0 Å². The number of carbonyl (C=O) groups is 1. The van der Waals surface area contributed by atoms with Gasteiger partial charge in [-0.25, -0.2) is 4.39 Å². The SMILES string of the molecule is O=C(N[C@@H]1CC[C@@H]1c1ccc(F)cc1Cl)c1ccccc1C(F)(F)F. The highest BCUT2D eigenvalue weighted by Crippen LogP contribution is 2.40. The molecule has 0 radical (unpaired) electrons. The minimum atomic E-state index is -4.60. The molecule has 1 fully saturated rings. The van der Waals surface area contributed by atoms with E-state index in [1.54, 1.807) is 6.07 Å². The summed E-state index contributed by atoms with van der Waals surface area (Å²) in [6.07, 6.45) is -3.26. The van der Waals surface area contributed by atoms with Gasteiger partial charge in [0, 0.05) is 17.0 Å². The molecule has 2 aromatic rings. The Morgan fingerprint density at radius 2 is 1.84 bits per heavy atom. The zero-order valence-corrected chi connectivity index (χ0v) is 13.7. The van der Waals surface area contributed by atoms with Crippen molar-refractivity contribution in [2.75, 3.05) is 0 Å². The highest BCUT2D eigenvalue weighted by atomic mass is 35.5. The maximum absolute atomic E-state index is 13.2. The summed E-state index contributed by atoms with van der Waals surface area (Å²) in [5.74, 6) is -1.39. The summed E-state index contributed by atoms with van der Waals surface area (Å²) >= 11 is 6.04. The lowest BCUT2D eigenvalue weighted by molar-refractivity contribution is -0.137. The lowest BCUT2D eigenvalue weighted by atomic mass is 9.75. The molecule has 2 atom stereocenters. The Bertz CT molecular complexity index is 806. The minimum Gasteiger partial charge on any atom is -0.349 e. The van der Waals surface area contributed by atoms with Crippen molar-refractivity contribution in [3.8, 4) is 0 Å². The Labute approximate surface area is 146 Å². The van der Waals surface area contributed by atoms with Gasteiger partial charge in [0.15, 0.2) is 0 Å². The van der Waals surface area contributed by atoms with Gasteiger partial charge in [0.1, 0.15) is 5.82 Å². The molecule has 0 bridgehead atoms. The van der Waals surface area contributed by atoms with Gasteiger partial charge in [-0.05, 0) is 42.7 Å². The fourth-order valence-corrected chi connectivity index (χ4v) is 3.33. The lowest BCUT2D eigenvalue weighted by Gasteiger charge is -2.38. The van der Waals surface area contributed by atoms with Crippen LogP contribution < -0.4 is 5.32 Å². The number of hydrogen-bond donors (Lipinski definition) is 1. The summed E-state index contributed by atoms with van der Waals surface area (Å²) in [6, 6.07) is 8.33. The average molecular weight is 372 g/mol. The monoisotopic (exact) mass is 371 g/mol. The van der Waals surface area contributed by atoms with Gasteiger partial charge < -0.3 is 5.32 Å². The van der Waals surface area contributed by atoms with Crippen LogP contribution in [0.25, 0.3) is 0 Å². The number of amides is 1. The number of nitrogens with one attached hydrogen (secondary N) is 1. The topological polar surface area (TPSA) is 29.1 Å². The standard InChI is InChI=1S/C18H14ClF4NO/c19-15-9-10(20)5-6-11(15)12-7-8-16(12)24-17(25)13-3-1-2-4-14(13)18(21,22)23/h1-6,9,12,16H,7-8H2,(H,24,25)/t12-,16-/m1/s1. The van der Waals surface area contributed by atoms with Crippen molar-refractivity contribution in [2.24, 2.45) is 0 Å². The zero-order valence-electron chi connectivity index (χ0n) is 12.9. The molecule has 7 heteroatoms. The first-order valence-electron chi connectivity index (χ1n) is 7.69. The fourth-order valence-electron chi connectivity index (χ4n) is 3.02. The van der Waals surface area contributed by atoms with Crippen LogP contribution in [-0.4, -0.2) is 11.9 Å². The smallest absolute Gasteiger partial charge is 0.349 e. The Morgan fingerprint density at radius 1 is 1.12 bits per heavy atom. The molecule has 0 aliphatic heterocycles. The van der Waals surface area contributed by atoms with Crippen LogP contribution in [0.5, 0.6) is 0 Å². The van der Waals surface area contributed by atoms with E-state index in [1.807, 2.05) is 0 Å². The van der Waals surface area contributed by atoms with Crippen molar-refractivity contribution in [1.82, 2.24) is 5.32 Å². The summed E-state index contributed by atoms with van der Waals surface area (Å²) in [5, 5.41) is 2.89. The Morgan fingerprint density at radius 3 is 2.44 bits per heavy atom. The normalized spacial score (nSPS) is 20.0. The van der Waals surface area contributed by atoms with Gasteiger partial charge in [0.05, 0.1) is 11.1 Å². The molecule has 1 N–H and O–H groups in total. The second kappa shape index (κ2) is 6.67. The molecule has 2 aromatic carbocycles. The average Bonchev–Trinajstić information content (AvgIpc) is 2.53. The molecule has 1 aliphatic carbocycles. The molecule has 1 saturated carbocycles. The molecule has 25 heavy (non-hydrogen) atoms. The second-order valence-corrected chi connectivity index (χ2v) is 6.38. The van der Waals surface area contributed by atoms with Crippen LogP contribution in [0.1, 0.15) is 40.2 Å². The zero-order chi connectivity index (χ0) is 18.2. The van der Waals surface area contributed by atoms with Crippen molar-refractivity contribution in [3.05, 3.63) is 70.0 Å². The molecular weight excluding hydrogens is 358 g/mol. The quantitative estimate of drug-likeness (QED) is 0.740. The van der Waals surface area contributed by atoms with Crippen molar-refractivity contribution in [1.29, 1.82) is 0 Å². The van der Waals surface area contributed by atoms with Crippen molar-refractivity contribution >= 4 is 17.5 Å². The van der Waals surface area contributed by atoms with Gasteiger partial charge in [-0.1, -0.05) is 29.8 Å².